The van der Waals surface area contributed by atoms with E-state index in [0.29, 0.717) is 0 Å². The summed E-state index contributed by atoms with van der Waals surface area (Å²) in [5, 5.41) is 13.3. The summed E-state index contributed by atoms with van der Waals surface area (Å²) in [7, 11) is 0. The molecule has 1 aliphatic heterocycles. The molecule has 10 aromatic rings. The second-order valence-electron chi connectivity index (χ2n) is 13.0. The molecule has 3 heterocycles. The molecule has 0 spiro atoms. The molecule has 11 rings (SSSR count). The van der Waals surface area contributed by atoms with Gasteiger partial charge in [-0.25, -0.2) is 0 Å². The van der Waals surface area contributed by atoms with Gasteiger partial charge in [-0.3, -0.25) is 0 Å². The minimum Gasteiger partial charge on any atom is -0.463 e. The van der Waals surface area contributed by atoms with Crippen LogP contribution in [0.4, 0.5) is 5.69 Å². The van der Waals surface area contributed by atoms with E-state index in [1.54, 1.807) is 0 Å². The van der Waals surface area contributed by atoms with Gasteiger partial charge in [0.15, 0.2) is 12.0 Å². The lowest BCUT2D eigenvalue weighted by molar-refractivity contribution is 0.263. The molecule has 0 bridgehead atoms. The number of furan rings is 1. The minimum atomic E-state index is -0.350. The highest BCUT2D eigenvalue weighted by molar-refractivity contribution is 6.17. The van der Waals surface area contributed by atoms with Crippen LogP contribution in [0.25, 0.3) is 82.1 Å². The van der Waals surface area contributed by atoms with Crippen molar-refractivity contribution in [3.8, 4) is 22.6 Å². The third-order valence-corrected chi connectivity index (χ3v) is 10.2. The fourth-order valence-corrected chi connectivity index (χ4v) is 7.85. The first-order chi connectivity index (χ1) is 24.3. The second-order valence-corrected chi connectivity index (χ2v) is 13.0. The summed E-state index contributed by atoms with van der Waals surface area (Å²) in [5.41, 5.74) is 9.39. The fourth-order valence-electron chi connectivity index (χ4n) is 7.85. The van der Waals surface area contributed by atoms with Crippen molar-refractivity contribution in [1.82, 2.24) is 4.57 Å². The monoisotopic (exact) mass is 628 g/mol. The largest absolute Gasteiger partial charge is 0.463 e. The maximum Gasteiger partial charge on any atom is 0.196 e. The van der Waals surface area contributed by atoms with Gasteiger partial charge in [-0.05, 0) is 75.6 Å². The maximum atomic E-state index is 6.82. The van der Waals surface area contributed by atoms with Crippen LogP contribution in [0.1, 0.15) is 11.8 Å². The predicted octanol–water partition coefficient (Wildman–Crippen LogP) is 12.2. The molecule has 230 valence electrons. The number of rotatable bonds is 3. The van der Waals surface area contributed by atoms with Gasteiger partial charge in [0.2, 0.25) is 0 Å². The van der Waals surface area contributed by atoms with E-state index in [1.807, 2.05) is 24.3 Å². The Hall–Kier alpha value is -6.52. The van der Waals surface area contributed by atoms with Crippen molar-refractivity contribution in [3.63, 3.8) is 0 Å². The lowest BCUT2D eigenvalue weighted by Gasteiger charge is -2.14. The average molecular weight is 629 g/mol. The summed E-state index contributed by atoms with van der Waals surface area (Å²) < 4.78 is 15.6. The molecule has 0 saturated heterocycles. The standard InChI is InChI=1S/C45H28N2O2/c1-2-10-27(11-3-1)35-26-41-42(34-16-8-9-17-40(34)48-41)44-43(35)46-45(49-44)28-18-20-33(21-19-28)47-38-24-31-14-6-4-12-29(31)22-36(38)37-23-30-13-5-7-15-32(30)25-39(37)47/h1-26,45-46H. The van der Waals surface area contributed by atoms with E-state index >= 15 is 0 Å². The molecule has 0 radical (unpaired) electrons. The van der Waals surface area contributed by atoms with Crippen molar-refractivity contribution in [2.45, 2.75) is 6.23 Å². The predicted molar refractivity (Wildman–Crippen MR) is 202 cm³/mol. The Morgan fingerprint density at radius 2 is 1.10 bits per heavy atom. The number of anilines is 1. The summed E-state index contributed by atoms with van der Waals surface area (Å²) in [4.78, 5) is 0. The number of hydrogen-bond donors (Lipinski definition) is 1. The first-order valence-electron chi connectivity index (χ1n) is 16.7. The average Bonchev–Trinajstić information content (AvgIpc) is 3.85. The van der Waals surface area contributed by atoms with Gasteiger partial charge in [0.05, 0.1) is 22.1 Å². The van der Waals surface area contributed by atoms with Crippen LogP contribution in [0.2, 0.25) is 0 Å². The summed E-state index contributed by atoms with van der Waals surface area (Å²) in [5.74, 6) is 0.830. The normalized spacial score (nSPS) is 14.2. The Bertz CT molecular complexity index is 2840. The molecule has 1 unspecified atom stereocenters. The number of fused-ring (bicyclic) bond motifs is 10. The molecule has 49 heavy (non-hydrogen) atoms. The molecule has 1 aliphatic rings. The highest BCUT2D eigenvalue weighted by Crippen LogP contribution is 2.51. The molecule has 0 saturated carbocycles. The number of hydrogen-bond acceptors (Lipinski definition) is 3. The molecule has 0 aliphatic carbocycles. The van der Waals surface area contributed by atoms with Crippen LogP contribution in [0.15, 0.2) is 162 Å². The van der Waals surface area contributed by atoms with E-state index in [9.17, 15) is 0 Å². The number of aromatic nitrogens is 1. The zero-order valence-corrected chi connectivity index (χ0v) is 26.4. The van der Waals surface area contributed by atoms with Crippen LogP contribution in [0.3, 0.4) is 0 Å². The van der Waals surface area contributed by atoms with Crippen LogP contribution in [0.5, 0.6) is 5.75 Å². The molecule has 8 aromatic carbocycles. The highest BCUT2D eigenvalue weighted by atomic mass is 16.5. The van der Waals surface area contributed by atoms with Crippen molar-refractivity contribution in [3.05, 3.63) is 163 Å². The van der Waals surface area contributed by atoms with Gasteiger partial charge in [0, 0.05) is 33.0 Å². The van der Waals surface area contributed by atoms with E-state index in [0.717, 1.165) is 55.8 Å². The first-order valence-corrected chi connectivity index (χ1v) is 16.7. The minimum absolute atomic E-state index is 0.350. The van der Waals surface area contributed by atoms with E-state index in [-0.39, 0.29) is 6.23 Å². The van der Waals surface area contributed by atoms with Crippen LogP contribution in [-0.2, 0) is 0 Å². The van der Waals surface area contributed by atoms with Crippen molar-refractivity contribution in [1.29, 1.82) is 0 Å². The molecular weight excluding hydrogens is 601 g/mol. The molecule has 2 aromatic heterocycles. The number of para-hydroxylation sites is 1. The van der Waals surface area contributed by atoms with Crippen LogP contribution in [0, 0.1) is 0 Å². The third-order valence-electron chi connectivity index (χ3n) is 10.2. The molecule has 0 fully saturated rings. The number of ether oxygens (including phenoxy) is 1. The van der Waals surface area contributed by atoms with Gasteiger partial charge in [0.1, 0.15) is 11.2 Å². The zero-order chi connectivity index (χ0) is 32.1. The maximum absolute atomic E-state index is 6.82. The van der Waals surface area contributed by atoms with Gasteiger partial charge < -0.3 is 19.0 Å². The van der Waals surface area contributed by atoms with E-state index in [2.05, 4.69) is 143 Å². The second kappa shape index (κ2) is 9.99. The Labute approximate surface area is 281 Å². The van der Waals surface area contributed by atoms with Crippen molar-refractivity contribution >= 4 is 71.0 Å². The van der Waals surface area contributed by atoms with E-state index in [4.69, 9.17) is 9.15 Å². The van der Waals surface area contributed by atoms with Gasteiger partial charge in [0.25, 0.3) is 0 Å². The summed E-state index contributed by atoms with van der Waals surface area (Å²) in [6, 6.07) is 56.1. The van der Waals surface area contributed by atoms with E-state index < -0.39 is 0 Å². The Morgan fingerprint density at radius 3 is 1.78 bits per heavy atom. The number of benzene rings is 8. The van der Waals surface area contributed by atoms with Gasteiger partial charge in [-0.15, -0.1) is 0 Å². The topological polar surface area (TPSA) is 39.3 Å². The molecule has 4 heteroatoms. The smallest absolute Gasteiger partial charge is 0.196 e. The Kier molecular flexibility index (Phi) is 5.41. The quantitative estimate of drug-likeness (QED) is 0.212. The highest BCUT2D eigenvalue weighted by Gasteiger charge is 2.31. The van der Waals surface area contributed by atoms with Gasteiger partial charge in [-0.2, -0.15) is 0 Å². The van der Waals surface area contributed by atoms with Crippen molar-refractivity contribution in [2.75, 3.05) is 5.32 Å². The van der Waals surface area contributed by atoms with Gasteiger partial charge >= 0.3 is 0 Å². The first kappa shape index (κ1) is 26.5. The molecule has 1 N–H and O–H groups in total. The van der Waals surface area contributed by atoms with Crippen LogP contribution >= 0.6 is 0 Å². The van der Waals surface area contributed by atoms with Crippen molar-refractivity contribution in [2.24, 2.45) is 0 Å². The lowest BCUT2D eigenvalue weighted by Crippen LogP contribution is -2.10. The Balaban J connectivity index is 1.06. The fraction of sp³-hybridized carbons (Fsp3) is 0.0222. The summed E-state index contributed by atoms with van der Waals surface area (Å²) in [6.45, 7) is 0. The molecule has 4 nitrogen and oxygen atoms in total. The molecule has 0 amide bonds. The number of nitrogens with zero attached hydrogens (tertiary/aromatic N) is 1. The number of nitrogens with one attached hydrogen (secondary N) is 1. The molecule has 1 atom stereocenters. The Morgan fingerprint density at radius 1 is 0.510 bits per heavy atom. The third kappa shape index (κ3) is 3.92. The SMILES string of the molecule is c1ccc(-c2cc3oc4ccccc4c3c3c2NC(c2ccc(-n4c5cc6ccccc6cc5c5cc6ccccc6cc54)cc2)O3)cc1. The lowest BCUT2D eigenvalue weighted by atomic mass is 10.00. The summed E-state index contributed by atoms with van der Waals surface area (Å²) in [6.07, 6.45) is -0.350. The van der Waals surface area contributed by atoms with Crippen molar-refractivity contribution < 1.29 is 9.15 Å². The molecular formula is C45H28N2O2. The summed E-state index contributed by atoms with van der Waals surface area (Å²) >= 11 is 0. The zero-order valence-electron chi connectivity index (χ0n) is 26.4. The van der Waals surface area contributed by atoms with Gasteiger partial charge in [-0.1, -0.05) is 109 Å². The van der Waals surface area contributed by atoms with E-state index in [1.165, 1.54) is 43.4 Å². The van der Waals surface area contributed by atoms with Crippen LogP contribution < -0.4 is 10.1 Å². The van der Waals surface area contributed by atoms with Crippen LogP contribution in [-0.4, -0.2) is 4.57 Å².